The highest BCUT2D eigenvalue weighted by Gasteiger charge is 2.12. The van der Waals surface area contributed by atoms with Crippen LogP contribution in [0.5, 0.6) is 0 Å². The summed E-state index contributed by atoms with van der Waals surface area (Å²) < 4.78 is 1.56. The lowest BCUT2D eigenvalue weighted by Gasteiger charge is -2.02. The zero-order chi connectivity index (χ0) is 13.7. The van der Waals surface area contributed by atoms with E-state index in [2.05, 4.69) is 38.0 Å². The Hall–Kier alpha value is -1.18. The van der Waals surface area contributed by atoms with E-state index in [9.17, 15) is 4.79 Å². The van der Waals surface area contributed by atoms with Gasteiger partial charge in [0, 0.05) is 10.2 Å². The van der Waals surface area contributed by atoms with E-state index in [-0.39, 0.29) is 5.91 Å². The molecule has 0 bridgehead atoms. The molecule has 1 amide bonds. The predicted octanol–water partition coefficient (Wildman–Crippen LogP) is 3.83. The van der Waals surface area contributed by atoms with Crippen LogP contribution >= 0.6 is 39.0 Å². The third-order valence-electron chi connectivity index (χ3n) is 2.07. The number of rotatable bonds is 5. The van der Waals surface area contributed by atoms with Gasteiger partial charge in [0.2, 0.25) is 5.13 Å². The van der Waals surface area contributed by atoms with Crippen LogP contribution in [0.2, 0.25) is 0 Å². The van der Waals surface area contributed by atoms with Crippen molar-refractivity contribution in [1.29, 1.82) is 0 Å². The Kier molecular flexibility index (Phi) is 5.12. The molecule has 1 N–H and O–H groups in total. The summed E-state index contributed by atoms with van der Waals surface area (Å²) in [7, 11) is 0. The standard InChI is InChI=1S/C12H10BrN3OS2/c1-2-7-18-12-16-15-11(19-12)14-10(17)8-5-3-4-6-9(8)13/h2-6H,1,7H2,(H,14,15,17). The molecule has 0 fully saturated rings. The topological polar surface area (TPSA) is 54.9 Å². The fourth-order valence-electron chi connectivity index (χ4n) is 1.26. The van der Waals surface area contributed by atoms with Gasteiger partial charge in [0.15, 0.2) is 4.34 Å². The predicted molar refractivity (Wildman–Crippen MR) is 82.9 cm³/mol. The van der Waals surface area contributed by atoms with Crippen LogP contribution in [0.3, 0.4) is 0 Å². The fraction of sp³-hybridized carbons (Fsp3) is 0.0833. The highest BCUT2D eigenvalue weighted by atomic mass is 79.9. The Balaban J connectivity index is 2.05. The van der Waals surface area contributed by atoms with Gasteiger partial charge in [-0.3, -0.25) is 10.1 Å². The smallest absolute Gasteiger partial charge is 0.258 e. The molecule has 0 saturated heterocycles. The van der Waals surface area contributed by atoms with E-state index in [4.69, 9.17) is 0 Å². The summed E-state index contributed by atoms with van der Waals surface area (Å²) in [6, 6.07) is 7.23. The number of thioether (sulfide) groups is 1. The van der Waals surface area contributed by atoms with Crippen LogP contribution in [-0.2, 0) is 0 Å². The minimum Gasteiger partial charge on any atom is -0.296 e. The lowest BCUT2D eigenvalue weighted by Crippen LogP contribution is -2.12. The summed E-state index contributed by atoms with van der Waals surface area (Å²) in [6.45, 7) is 3.64. The number of carbonyl (C=O) groups is 1. The molecule has 1 aromatic carbocycles. The Bertz CT molecular complexity index is 600. The van der Waals surface area contributed by atoms with Gasteiger partial charge in [0.1, 0.15) is 0 Å². The number of amides is 1. The number of hydrogen-bond donors (Lipinski definition) is 1. The maximum atomic E-state index is 12.0. The van der Waals surface area contributed by atoms with E-state index in [1.54, 1.807) is 12.1 Å². The molecule has 0 radical (unpaired) electrons. The van der Waals surface area contributed by atoms with Crippen molar-refractivity contribution in [2.45, 2.75) is 4.34 Å². The van der Waals surface area contributed by atoms with Crippen LogP contribution in [0.25, 0.3) is 0 Å². The van der Waals surface area contributed by atoms with E-state index in [0.717, 1.165) is 14.6 Å². The minimum atomic E-state index is -0.205. The van der Waals surface area contributed by atoms with Gasteiger partial charge in [-0.15, -0.1) is 16.8 Å². The molecule has 2 aromatic rings. The minimum absolute atomic E-state index is 0.205. The quantitative estimate of drug-likeness (QED) is 0.503. The van der Waals surface area contributed by atoms with Crippen molar-refractivity contribution in [2.24, 2.45) is 0 Å². The summed E-state index contributed by atoms with van der Waals surface area (Å²) in [5, 5.41) is 11.1. The molecule has 0 aliphatic rings. The van der Waals surface area contributed by atoms with Crippen LogP contribution in [0, 0.1) is 0 Å². The molecule has 0 unspecified atom stereocenters. The molecule has 1 aromatic heterocycles. The van der Waals surface area contributed by atoms with Gasteiger partial charge in [-0.25, -0.2) is 0 Å². The van der Waals surface area contributed by atoms with E-state index in [1.165, 1.54) is 23.1 Å². The van der Waals surface area contributed by atoms with Crippen LogP contribution in [-0.4, -0.2) is 21.9 Å². The van der Waals surface area contributed by atoms with E-state index in [0.29, 0.717) is 10.7 Å². The lowest BCUT2D eigenvalue weighted by molar-refractivity contribution is 0.102. The van der Waals surface area contributed by atoms with Crippen molar-refractivity contribution in [3.8, 4) is 0 Å². The first-order valence-corrected chi connectivity index (χ1v) is 7.93. The molecule has 0 aliphatic carbocycles. The number of nitrogens with one attached hydrogen (secondary N) is 1. The van der Waals surface area contributed by atoms with Crippen molar-refractivity contribution in [2.75, 3.05) is 11.1 Å². The lowest BCUT2D eigenvalue weighted by atomic mass is 10.2. The first-order chi connectivity index (χ1) is 9.20. The van der Waals surface area contributed by atoms with Gasteiger partial charge >= 0.3 is 0 Å². The molecular weight excluding hydrogens is 346 g/mol. The van der Waals surface area contributed by atoms with Crippen molar-refractivity contribution in [3.05, 3.63) is 47.0 Å². The highest BCUT2D eigenvalue weighted by Crippen LogP contribution is 2.26. The molecule has 2 rings (SSSR count). The molecule has 1 heterocycles. The Morgan fingerprint density at radius 3 is 3.00 bits per heavy atom. The van der Waals surface area contributed by atoms with Gasteiger partial charge < -0.3 is 0 Å². The molecule has 4 nitrogen and oxygen atoms in total. The molecule has 98 valence electrons. The monoisotopic (exact) mass is 355 g/mol. The Morgan fingerprint density at radius 1 is 1.47 bits per heavy atom. The summed E-state index contributed by atoms with van der Waals surface area (Å²) in [5.41, 5.74) is 0.568. The van der Waals surface area contributed by atoms with Crippen molar-refractivity contribution >= 4 is 50.1 Å². The number of aromatic nitrogens is 2. The third-order valence-corrected chi connectivity index (χ3v) is 4.73. The number of benzene rings is 1. The average Bonchev–Trinajstić information content (AvgIpc) is 2.84. The third kappa shape index (κ3) is 3.89. The second-order valence-electron chi connectivity index (χ2n) is 3.41. The normalized spacial score (nSPS) is 10.2. The molecule has 0 saturated carbocycles. The zero-order valence-corrected chi connectivity index (χ0v) is 13.0. The van der Waals surface area contributed by atoms with Crippen molar-refractivity contribution < 1.29 is 4.79 Å². The molecular formula is C12H10BrN3OS2. The highest BCUT2D eigenvalue weighted by molar-refractivity contribution is 9.10. The zero-order valence-electron chi connectivity index (χ0n) is 9.80. The van der Waals surface area contributed by atoms with Gasteiger partial charge in [0.05, 0.1) is 5.56 Å². The summed E-state index contributed by atoms with van der Waals surface area (Å²) in [4.78, 5) is 12.0. The number of halogens is 1. The first kappa shape index (κ1) is 14.2. The van der Waals surface area contributed by atoms with Crippen LogP contribution in [0.15, 0.2) is 45.7 Å². The number of carbonyl (C=O) groups excluding carboxylic acids is 1. The first-order valence-electron chi connectivity index (χ1n) is 5.34. The van der Waals surface area contributed by atoms with Crippen LogP contribution in [0.4, 0.5) is 5.13 Å². The summed E-state index contributed by atoms with van der Waals surface area (Å²) >= 11 is 6.22. The van der Waals surface area contributed by atoms with Crippen LogP contribution < -0.4 is 5.32 Å². The largest absolute Gasteiger partial charge is 0.296 e. The second-order valence-corrected chi connectivity index (χ2v) is 6.51. The molecule has 0 aliphatic heterocycles. The number of anilines is 1. The van der Waals surface area contributed by atoms with E-state index in [1.807, 2.05) is 18.2 Å². The SMILES string of the molecule is C=CCSc1nnc(NC(=O)c2ccccc2Br)s1. The van der Waals surface area contributed by atoms with Crippen LogP contribution in [0.1, 0.15) is 10.4 Å². The van der Waals surface area contributed by atoms with Crippen molar-refractivity contribution in [3.63, 3.8) is 0 Å². The fourth-order valence-corrected chi connectivity index (χ4v) is 3.23. The summed E-state index contributed by atoms with van der Waals surface area (Å²) in [5.74, 6) is 0.566. The summed E-state index contributed by atoms with van der Waals surface area (Å²) in [6.07, 6.45) is 1.80. The maximum absolute atomic E-state index is 12.0. The maximum Gasteiger partial charge on any atom is 0.258 e. The van der Waals surface area contributed by atoms with Gasteiger partial charge in [-0.2, -0.15) is 0 Å². The van der Waals surface area contributed by atoms with Gasteiger partial charge in [-0.1, -0.05) is 41.3 Å². The Morgan fingerprint density at radius 2 is 2.26 bits per heavy atom. The number of hydrogen-bond acceptors (Lipinski definition) is 5. The van der Waals surface area contributed by atoms with Gasteiger partial charge in [0.25, 0.3) is 5.91 Å². The van der Waals surface area contributed by atoms with E-state index >= 15 is 0 Å². The second kappa shape index (κ2) is 6.83. The molecule has 7 heteroatoms. The molecule has 19 heavy (non-hydrogen) atoms. The number of nitrogens with zero attached hydrogens (tertiary/aromatic N) is 2. The van der Waals surface area contributed by atoms with Crippen molar-refractivity contribution in [1.82, 2.24) is 10.2 Å². The average molecular weight is 356 g/mol. The Labute approximate surface area is 127 Å². The van der Waals surface area contributed by atoms with Gasteiger partial charge in [-0.05, 0) is 28.1 Å². The molecule has 0 atom stereocenters. The molecule has 0 spiro atoms. The van der Waals surface area contributed by atoms with E-state index < -0.39 is 0 Å².